The molecule has 6 heteroatoms. The molecule has 1 atom stereocenters. The van der Waals surface area contributed by atoms with Gasteiger partial charge in [0.15, 0.2) is 0 Å². The largest absolute Gasteiger partial charge is 0.384 e. The molecule has 1 amide bonds. The molecular formula is C27H27N5O. The third kappa shape index (κ3) is 4.70. The SMILES string of the molecule is Nc1ccc(-c2cccc(C(=O)N3CCC[C@@H](Cc4cccc5ncccc45)CC3)n2)cn1. The van der Waals surface area contributed by atoms with Gasteiger partial charge < -0.3 is 10.6 Å². The molecule has 3 aromatic heterocycles. The van der Waals surface area contributed by atoms with E-state index in [-0.39, 0.29) is 5.91 Å². The molecule has 6 nitrogen and oxygen atoms in total. The van der Waals surface area contributed by atoms with E-state index in [9.17, 15) is 4.79 Å². The summed E-state index contributed by atoms with van der Waals surface area (Å²) in [5.41, 5.74) is 10.1. The normalized spacial score (nSPS) is 16.5. The van der Waals surface area contributed by atoms with Gasteiger partial charge in [-0.3, -0.25) is 9.78 Å². The number of benzene rings is 1. The van der Waals surface area contributed by atoms with Crippen molar-refractivity contribution in [2.24, 2.45) is 5.92 Å². The van der Waals surface area contributed by atoms with Crippen molar-refractivity contribution in [1.82, 2.24) is 19.9 Å². The molecule has 1 aliphatic rings. The van der Waals surface area contributed by atoms with Crippen LogP contribution in [0.5, 0.6) is 0 Å². The molecule has 1 aromatic carbocycles. The monoisotopic (exact) mass is 437 g/mol. The molecule has 166 valence electrons. The third-order valence-electron chi connectivity index (χ3n) is 6.43. The van der Waals surface area contributed by atoms with Gasteiger partial charge in [0.05, 0.1) is 11.2 Å². The quantitative estimate of drug-likeness (QED) is 0.498. The molecule has 1 fully saturated rings. The summed E-state index contributed by atoms with van der Waals surface area (Å²) in [6, 6.07) is 19.7. The van der Waals surface area contributed by atoms with Crippen LogP contribution >= 0.6 is 0 Å². The number of nitrogens with zero attached hydrogens (tertiary/aromatic N) is 4. The summed E-state index contributed by atoms with van der Waals surface area (Å²) in [4.78, 5) is 28.4. The minimum atomic E-state index is -0.00438. The lowest BCUT2D eigenvalue weighted by Crippen LogP contribution is -2.32. The van der Waals surface area contributed by atoms with Crippen LogP contribution in [-0.2, 0) is 6.42 Å². The van der Waals surface area contributed by atoms with Crippen LogP contribution in [0, 0.1) is 5.92 Å². The summed E-state index contributed by atoms with van der Waals surface area (Å²) in [5.74, 6) is 1.01. The van der Waals surface area contributed by atoms with Crippen LogP contribution in [0.25, 0.3) is 22.2 Å². The van der Waals surface area contributed by atoms with Gasteiger partial charge in [-0.25, -0.2) is 9.97 Å². The fourth-order valence-corrected chi connectivity index (χ4v) is 4.66. The first-order chi connectivity index (χ1) is 16.2. The number of rotatable bonds is 4. The maximum Gasteiger partial charge on any atom is 0.272 e. The molecule has 0 saturated carbocycles. The van der Waals surface area contributed by atoms with Crippen molar-refractivity contribution >= 4 is 22.6 Å². The van der Waals surface area contributed by atoms with Gasteiger partial charge in [0.25, 0.3) is 5.91 Å². The first-order valence-electron chi connectivity index (χ1n) is 11.5. The third-order valence-corrected chi connectivity index (χ3v) is 6.43. The number of anilines is 1. The summed E-state index contributed by atoms with van der Waals surface area (Å²) in [7, 11) is 0. The first-order valence-corrected chi connectivity index (χ1v) is 11.5. The van der Waals surface area contributed by atoms with Gasteiger partial charge >= 0.3 is 0 Å². The van der Waals surface area contributed by atoms with Crippen LogP contribution in [0.2, 0.25) is 0 Å². The van der Waals surface area contributed by atoms with Crippen molar-refractivity contribution in [3.8, 4) is 11.3 Å². The highest BCUT2D eigenvalue weighted by atomic mass is 16.2. The molecule has 2 N–H and O–H groups in total. The smallest absolute Gasteiger partial charge is 0.272 e. The molecule has 4 aromatic rings. The maximum absolute atomic E-state index is 13.2. The number of nitrogen functional groups attached to an aromatic ring is 1. The number of carbonyl (C=O) groups excluding carboxylic acids is 1. The highest BCUT2D eigenvalue weighted by Crippen LogP contribution is 2.26. The van der Waals surface area contributed by atoms with Gasteiger partial charge in [-0.2, -0.15) is 0 Å². The zero-order chi connectivity index (χ0) is 22.6. The Morgan fingerprint density at radius 3 is 2.76 bits per heavy atom. The predicted octanol–water partition coefficient (Wildman–Crippen LogP) is 4.76. The number of amides is 1. The Balaban J connectivity index is 1.27. The van der Waals surface area contributed by atoms with E-state index < -0.39 is 0 Å². The van der Waals surface area contributed by atoms with Crippen LogP contribution in [0.15, 0.2) is 73.1 Å². The maximum atomic E-state index is 13.2. The van der Waals surface area contributed by atoms with Gasteiger partial charge in [-0.15, -0.1) is 0 Å². The lowest BCUT2D eigenvalue weighted by atomic mass is 9.91. The van der Waals surface area contributed by atoms with Crippen LogP contribution in [0.1, 0.15) is 35.3 Å². The van der Waals surface area contributed by atoms with E-state index in [2.05, 4.69) is 39.2 Å². The lowest BCUT2D eigenvalue weighted by Gasteiger charge is -2.20. The van der Waals surface area contributed by atoms with E-state index in [1.165, 1.54) is 10.9 Å². The van der Waals surface area contributed by atoms with Gasteiger partial charge in [-0.1, -0.05) is 24.3 Å². The Hall–Kier alpha value is -3.80. The number of pyridine rings is 3. The lowest BCUT2D eigenvalue weighted by molar-refractivity contribution is 0.0754. The van der Waals surface area contributed by atoms with Gasteiger partial charge in [0.1, 0.15) is 11.5 Å². The first kappa shape index (κ1) is 21.1. The highest BCUT2D eigenvalue weighted by Gasteiger charge is 2.23. The van der Waals surface area contributed by atoms with Crippen molar-refractivity contribution in [3.05, 3.63) is 84.3 Å². The second-order valence-electron chi connectivity index (χ2n) is 8.66. The molecule has 0 unspecified atom stereocenters. The fraction of sp³-hybridized carbons (Fsp3) is 0.259. The average Bonchev–Trinajstić information content (AvgIpc) is 3.10. The van der Waals surface area contributed by atoms with E-state index in [1.807, 2.05) is 35.4 Å². The molecule has 0 aliphatic carbocycles. The van der Waals surface area contributed by atoms with E-state index in [0.29, 0.717) is 17.4 Å². The Labute approximate surface area is 193 Å². The molecule has 1 saturated heterocycles. The molecule has 1 aliphatic heterocycles. The Morgan fingerprint density at radius 2 is 1.88 bits per heavy atom. The summed E-state index contributed by atoms with van der Waals surface area (Å²) < 4.78 is 0. The van der Waals surface area contributed by atoms with Crippen molar-refractivity contribution < 1.29 is 4.79 Å². The fourth-order valence-electron chi connectivity index (χ4n) is 4.66. The molecular weight excluding hydrogens is 410 g/mol. The number of nitrogens with two attached hydrogens (primary N) is 1. The number of carbonyl (C=O) groups is 1. The van der Waals surface area contributed by atoms with E-state index in [4.69, 9.17) is 5.73 Å². The van der Waals surface area contributed by atoms with Crippen LogP contribution < -0.4 is 5.73 Å². The highest BCUT2D eigenvalue weighted by molar-refractivity contribution is 5.93. The van der Waals surface area contributed by atoms with E-state index in [0.717, 1.165) is 55.5 Å². The van der Waals surface area contributed by atoms with Crippen molar-refractivity contribution in [2.45, 2.75) is 25.7 Å². The molecule has 0 radical (unpaired) electrons. The number of likely N-dealkylation sites (tertiary alicyclic amines) is 1. The minimum absolute atomic E-state index is 0.00438. The van der Waals surface area contributed by atoms with Gasteiger partial charge in [0.2, 0.25) is 0 Å². The standard InChI is InChI=1S/C27H27N5O/c28-26-12-11-21(18-30-26)23-8-2-10-25(31-23)27(33)32-15-4-5-19(13-16-32)17-20-6-1-9-24-22(20)7-3-14-29-24/h1-3,6-12,14,18-19H,4-5,13,15-17H2,(H2,28,30)/t19-/m1/s1. The Kier molecular flexibility index (Phi) is 5.98. The average molecular weight is 438 g/mol. The molecule has 5 rings (SSSR count). The Morgan fingerprint density at radius 1 is 0.970 bits per heavy atom. The second kappa shape index (κ2) is 9.36. The summed E-state index contributed by atoms with van der Waals surface area (Å²) in [5, 5.41) is 1.23. The van der Waals surface area contributed by atoms with Crippen LogP contribution in [-0.4, -0.2) is 38.8 Å². The Bertz CT molecular complexity index is 1270. The molecule has 33 heavy (non-hydrogen) atoms. The second-order valence-corrected chi connectivity index (χ2v) is 8.66. The molecule has 0 spiro atoms. The minimum Gasteiger partial charge on any atom is -0.384 e. The molecule has 0 bridgehead atoms. The number of hydrogen-bond acceptors (Lipinski definition) is 5. The summed E-state index contributed by atoms with van der Waals surface area (Å²) in [6.45, 7) is 1.52. The van der Waals surface area contributed by atoms with E-state index >= 15 is 0 Å². The zero-order valence-corrected chi connectivity index (χ0v) is 18.5. The van der Waals surface area contributed by atoms with E-state index in [1.54, 1.807) is 18.3 Å². The topological polar surface area (TPSA) is 85.0 Å². The summed E-state index contributed by atoms with van der Waals surface area (Å²) in [6.07, 6.45) is 7.65. The summed E-state index contributed by atoms with van der Waals surface area (Å²) >= 11 is 0. The number of aromatic nitrogens is 3. The molecule has 4 heterocycles. The van der Waals surface area contributed by atoms with Crippen molar-refractivity contribution in [1.29, 1.82) is 0 Å². The zero-order valence-electron chi connectivity index (χ0n) is 18.5. The van der Waals surface area contributed by atoms with Crippen LogP contribution in [0.3, 0.4) is 0 Å². The predicted molar refractivity (Wildman–Crippen MR) is 131 cm³/mol. The van der Waals surface area contributed by atoms with Gasteiger partial charge in [0, 0.05) is 36.4 Å². The van der Waals surface area contributed by atoms with Gasteiger partial charge in [-0.05, 0) is 73.6 Å². The number of fused-ring (bicyclic) bond motifs is 1. The van der Waals surface area contributed by atoms with Crippen molar-refractivity contribution in [3.63, 3.8) is 0 Å². The van der Waals surface area contributed by atoms with Crippen LogP contribution in [0.4, 0.5) is 5.82 Å². The van der Waals surface area contributed by atoms with Crippen molar-refractivity contribution in [2.75, 3.05) is 18.8 Å². The number of hydrogen-bond donors (Lipinski definition) is 1.